The second-order valence-corrected chi connectivity index (χ2v) is 3.70. The van der Waals surface area contributed by atoms with E-state index in [4.69, 9.17) is 0 Å². The fraction of sp³-hybridized carbons (Fsp3) is 0.667. The van der Waals surface area contributed by atoms with E-state index in [9.17, 15) is 8.42 Å². The van der Waals surface area contributed by atoms with Crippen molar-refractivity contribution in [2.45, 2.75) is 6.92 Å². The molecule has 0 aromatic rings. The average Bonchev–Trinajstić information content (AvgIpc) is 2.34. The monoisotopic (exact) mass is 208 g/mol. The van der Waals surface area contributed by atoms with E-state index in [1.54, 1.807) is 25.1 Å². The maximum Gasteiger partial charge on any atom is 0.421 e. The van der Waals surface area contributed by atoms with Crippen molar-refractivity contribution in [1.29, 1.82) is 0 Å². The Morgan fingerprint density at radius 2 is 2.15 bits per heavy atom. The van der Waals surface area contributed by atoms with Crippen molar-refractivity contribution in [3.8, 4) is 0 Å². The molecule has 6 nitrogen and oxygen atoms in total. The predicted molar refractivity (Wildman–Crippen MR) is 45.2 cm³/mol. The van der Waals surface area contributed by atoms with Gasteiger partial charge in [0.2, 0.25) is 0 Å². The number of hydroxylamine groups is 2. The highest BCUT2D eigenvalue weighted by atomic mass is 32.3. The molecule has 0 saturated heterocycles. The molecular weight excluding hydrogens is 196 g/mol. The Kier molecular flexibility index (Phi) is 3.12. The van der Waals surface area contributed by atoms with Crippen LogP contribution in [0.15, 0.2) is 12.4 Å². The molecule has 13 heavy (non-hydrogen) atoms. The van der Waals surface area contributed by atoms with Crippen LogP contribution in [0.4, 0.5) is 0 Å². The van der Waals surface area contributed by atoms with Gasteiger partial charge in [0.25, 0.3) is 0 Å². The van der Waals surface area contributed by atoms with Gasteiger partial charge in [-0.05, 0) is 6.92 Å². The molecular formula is C6H12N2O4S. The van der Waals surface area contributed by atoms with Gasteiger partial charge in [0.05, 0.1) is 6.61 Å². The SMILES string of the molecule is CCOS(=O)(=O)ON1C=CN(C)C1. The third-order valence-corrected chi connectivity index (χ3v) is 2.20. The van der Waals surface area contributed by atoms with Gasteiger partial charge in [-0.1, -0.05) is 0 Å². The molecule has 0 aliphatic carbocycles. The van der Waals surface area contributed by atoms with Crippen molar-refractivity contribution in [3.05, 3.63) is 12.4 Å². The maximum atomic E-state index is 11.0. The van der Waals surface area contributed by atoms with E-state index in [-0.39, 0.29) is 6.61 Å². The van der Waals surface area contributed by atoms with E-state index in [1.165, 1.54) is 11.3 Å². The van der Waals surface area contributed by atoms with Crippen LogP contribution in [0.3, 0.4) is 0 Å². The molecule has 0 aromatic heterocycles. The highest BCUT2D eigenvalue weighted by molar-refractivity contribution is 7.81. The summed E-state index contributed by atoms with van der Waals surface area (Å²) in [5.41, 5.74) is 0. The molecule has 0 spiro atoms. The molecule has 1 aliphatic heterocycles. The Labute approximate surface area is 77.6 Å². The average molecular weight is 208 g/mol. The number of hydrogen-bond acceptors (Lipinski definition) is 6. The minimum atomic E-state index is -3.89. The summed E-state index contributed by atoms with van der Waals surface area (Å²) in [6.07, 6.45) is 3.21. The highest BCUT2D eigenvalue weighted by Gasteiger charge is 2.18. The molecule has 0 bridgehead atoms. The van der Waals surface area contributed by atoms with Crippen molar-refractivity contribution in [2.75, 3.05) is 20.3 Å². The molecule has 0 N–H and O–H groups in total. The first kappa shape index (κ1) is 10.3. The molecule has 0 radical (unpaired) electrons. The van der Waals surface area contributed by atoms with Crippen LogP contribution in [0, 0.1) is 0 Å². The molecule has 1 heterocycles. The maximum absolute atomic E-state index is 11.0. The fourth-order valence-electron chi connectivity index (χ4n) is 0.834. The van der Waals surface area contributed by atoms with Gasteiger partial charge in [-0.15, -0.1) is 4.28 Å². The lowest BCUT2D eigenvalue weighted by atomic mass is 10.9. The van der Waals surface area contributed by atoms with Crippen LogP contribution in [0.2, 0.25) is 0 Å². The van der Waals surface area contributed by atoms with E-state index >= 15 is 0 Å². The highest BCUT2D eigenvalue weighted by Crippen LogP contribution is 2.08. The summed E-state index contributed by atoms with van der Waals surface area (Å²) in [4.78, 5) is 1.77. The lowest BCUT2D eigenvalue weighted by molar-refractivity contribution is -0.0278. The summed E-state index contributed by atoms with van der Waals surface area (Å²) in [5.74, 6) is 0. The van der Waals surface area contributed by atoms with Crippen molar-refractivity contribution in [1.82, 2.24) is 9.96 Å². The van der Waals surface area contributed by atoms with E-state index in [0.717, 1.165) is 0 Å². The quantitative estimate of drug-likeness (QED) is 0.641. The molecule has 0 fully saturated rings. The summed E-state index contributed by atoms with van der Waals surface area (Å²) < 4.78 is 30.9. The normalized spacial score (nSPS) is 17.1. The molecule has 0 amide bonds. The van der Waals surface area contributed by atoms with Gasteiger partial charge >= 0.3 is 10.4 Å². The van der Waals surface area contributed by atoms with Crippen molar-refractivity contribution < 1.29 is 16.9 Å². The summed E-state index contributed by atoms with van der Waals surface area (Å²) >= 11 is 0. The first-order chi connectivity index (χ1) is 6.03. The Morgan fingerprint density at radius 1 is 1.46 bits per heavy atom. The Hall–Kier alpha value is -0.790. The second kappa shape index (κ2) is 3.95. The number of rotatable bonds is 4. The van der Waals surface area contributed by atoms with Gasteiger partial charge in [0, 0.05) is 19.4 Å². The van der Waals surface area contributed by atoms with Crippen LogP contribution in [0.25, 0.3) is 0 Å². The third kappa shape index (κ3) is 3.21. The standard InChI is InChI=1S/C6H12N2O4S/c1-3-11-13(9,10)12-8-5-4-7(2)6-8/h4-5H,3,6H2,1-2H3. The summed E-state index contributed by atoms with van der Waals surface area (Å²) in [7, 11) is -2.09. The smallest absolute Gasteiger partial charge is 0.360 e. The van der Waals surface area contributed by atoms with Gasteiger partial charge in [-0.2, -0.15) is 8.42 Å². The number of hydrogen-bond donors (Lipinski definition) is 0. The van der Waals surface area contributed by atoms with Gasteiger partial charge in [0.1, 0.15) is 6.67 Å². The van der Waals surface area contributed by atoms with Gasteiger partial charge in [-0.25, -0.2) is 9.25 Å². The van der Waals surface area contributed by atoms with Crippen LogP contribution in [-0.4, -0.2) is 38.7 Å². The summed E-state index contributed by atoms with van der Waals surface area (Å²) in [6, 6.07) is 0. The first-order valence-electron chi connectivity index (χ1n) is 3.77. The zero-order valence-electron chi connectivity index (χ0n) is 7.50. The van der Waals surface area contributed by atoms with Crippen LogP contribution in [0.5, 0.6) is 0 Å². The molecule has 0 atom stereocenters. The lowest BCUT2D eigenvalue weighted by Crippen LogP contribution is -2.26. The van der Waals surface area contributed by atoms with Gasteiger partial charge < -0.3 is 4.90 Å². The Balaban J connectivity index is 2.46. The predicted octanol–water partition coefficient (Wildman–Crippen LogP) is -0.125. The zero-order chi connectivity index (χ0) is 9.90. The van der Waals surface area contributed by atoms with Crippen LogP contribution in [0.1, 0.15) is 6.92 Å². The second-order valence-electron chi connectivity index (χ2n) is 2.50. The van der Waals surface area contributed by atoms with Crippen molar-refractivity contribution >= 4 is 10.4 Å². The van der Waals surface area contributed by atoms with Crippen LogP contribution in [-0.2, 0) is 18.9 Å². The first-order valence-corrected chi connectivity index (χ1v) is 5.11. The van der Waals surface area contributed by atoms with Gasteiger partial charge in [-0.3, -0.25) is 0 Å². The van der Waals surface area contributed by atoms with E-state index in [2.05, 4.69) is 8.47 Å². The fourth-order valence-corrected chi connectivity index (χ4v) is 1.50. The largest absolute Gasteiger partial charge is 0.421 e. The molecule has 76 valence electrons. The molecule has 1 rings (SSSR count). The molecule has 0 saturated carbocycles. The van der Waals surface area contributed by atoms with Crippen LogP contribution < -0.4 is 0 Å². The topological polar surface area (TPSA) is 59.1 Å². The molecule has 7 heteroatoms. The van der Waals surface area contributed by atoms with Crippen molar-refractivity contribution in [2.24, 2.45) is 0 Å². The third-order valence-electron chi connectivity index (χ3n) is 1.30. The minimum absolute atomic E-state index is 0.0652. The zero-order valence-corrected chi connectivity index (χ0v) is 8.32. The van der Waals surface area contributed by atoms with E-state index < -0.39 is 10.4 Å². The summed E-state index contributed by atoms with van der Waals surface area (Å²) in [5, 5.41) is 1.17. The minimum Gasteiger partial charge on any atom is -0.360 e. The number of nitrogens with zero attached hydrogens (tertiary/aromatic N) is 2. The Bertz CT molecular complexity index is 287. The summed E-state index contributed by atoms with van der Waals surface area (Å²) in [6.45, 7) is 2.01. The lowest BCUT2D eigenvalue weighted by Gasteiger charge is -2.15. The molecule has 0 aromatic carbocycles. The molecule has 0 unspecified atom stereocenters. The van der Waals surface area contributed by atoms with E-state index in [0.29, 0.717) is 6.67 Å². The van der Waals surface area contributed by atoms with Crippen LogP contribution >= 0.6 is 0 Å². The van der Waals surface area contributed by atoms with Crippen molar-refractivity contribution in [3.63, 3.8) is 0 Å². The van der Waals surface area contributed by atoms with E-state index in [1.807, 2.05) is 0 Å². The Morgan fingerprint density at radius 3 is 2.62 bits per heavy atom. The molecule has 1 aliphatic rings. The van der Waals surface area contributed by atoms with Gasteiger partial charge in [0.15, 0.2) is 0 Å².